The summed E-state index contributed by atoms with van der Waals surface area (Å²) in [5, 5.41) is 4.26. The fourth-order valence-electron chi connectivity index (χ4n) is 2.19. The minimum Gasteiger partial charge on any atom is -0.465 e. The average molecular weight is 297 g/mol. The van der Waals surface area contributed by atoms with Crippen molar-refractivity contribution in [3.05, 3.63) is 59.5 Å². The molecule has 3 N–H and O–H groups in total. The molecule has 5 heteroatoms. The van der Waals surface area contributed by atoms with Crippen LogP contribution in [0, 0.1) is 6.92 Å². The molecule has 4 nitrogen and oxygen atoms in total. The third-order valence-electron chi connectivity index (χ3n) is 3.22. The molecule has 0 unspecified atom stereocenters. The van der Waals surface area contributed by atoms with Crippen LogP contribution in [0.3, 0.4) is 0 Å². The topological polar surface area (TPSA) is 64.1 Å². The highest BCUT2D eigenvalue weighted by Gasteiger charge is 2.10. The second-order valence-electron chi connectivity index (χ2n) is 4.81. The summed E-state index contributed by atoms with van der Waals surface area (Å²) in [6.45, 7) is 2.45. The summed E-state index contributed by atoms with van der Waals surface area (Å²) in [5.41, 5.74) is 7.45. The molecule has 0 saturated carbocycles. The molecule has 106 valence electrons. The van der Waals surface area contributed by atoms with Crippen LogP contribution in [0.1, 0.15) is 17.1 Å². The van der Waals surface area contributed by atoms with Gasteiger partial charge in [-0.15, -0.1) is 0 Å². The van der Waals surface area contributed by atoms with E-state index in [0.717, 1.165) is 28.0 Å². The summed E-state index contributed by atoms with van der Waals surface area (Å²) in [6.07, 6.45) is 0. The third-order valence-corrected chi connectivity index (χ3v) is 3.44. The molecule has 0 radical (unpaired) electrons. The maximum atomic E-state index is 5.81. The number of hydrogen-bond acceptors (Lipinski definition) is 4. The molecule has 21 heavy (non-hydrogen) atoms. The first-order chi connectivity index (χ1) is 10.1. The SMILES string of the molecule is Cc1ccc(CNc2nc3ccccc3cc2C(N)=S)o1. The number of benzene rings is 1. The van der Waals surface area contributed by atoms with Crippen LogP contribution < -0.4 is 11.1 Å². The van der Waals surface area contributed by atoms with Crippen molar-refractivity contribution < 1.29 is 4.42 Å². The normalized spacial score (nSPS) is 10.7. The highest BCUT2D eigenvalue weighted by molar-refractivity contribution is 7.80. The summed E-state index contributed by atoms with van der Waals surface area (Å²) in [5.74, 6) is 2.40. The van der Waals surface area contributed by atoms with Crippen LogP contribution in [0.4, 0.5) is 5.82 Å². The van der Waals surface area contributed by atoms with E-state index in [9.17, 15) is 0 Å². The van der Waals surface area contributed by atoms with Crippen molar-refractivity contribution in [1.82, 2.24) is 4.98 Å². The largest absolute Gasteiger partial charge is 0.465 e. The maximum absolute atomic E-state index is 5.81. The Morgan fingerprint density at radius 2 is 2.10 bits per heavy atom. The quantitative estimate of drug-likeness (QED) is 0.723. The molecule has 2 aromatic heterocycles. The molecule has 0 atom stereocenters. The van der Waals surface area contributed by atoms with Crippen LogP contribution in [0.2, 0.25) is 0 Å². The van der Waals surface area contributed by atoms with E-state index in [4.69, 9.17) is 22.4 Å². The third kappa shape index (κ3) is 2.87. The van der Waals surface area contributed by atoms with E-state index in [1.807, 2.05) is 49.4 Å². The van der Waals surface area contributed by atoms with Crippen molar-refractivity contribution in [2.45, 2.75) is 13.5 Å². The van der Waals surface area contributed by atoms with Gasteiger partial charge in [-0.05, 0) is 31.2 Å². The number of rotatable bonds is 4. The van der Waals surface area contributed by atoms with Crippen LogP contribution >= 0.6 is 12.2 Å². The zero-order valence-electron chi connectivity index (χ0n) is 11.6. The number of thiocarbonyl (C=S) groups is 1. The van der Waals surface area contributed by atoms with E-state index in [-0.39, 0.29) is 0 Å². The molecule has 0 aliphatic carbocycles. The Bertz CT molecular complexity index is 810. The fraction of sp³-hybridized carbons (Fsp3) is 0.125. The van der Waals surface area contributed by atoms with Gasteiger partial charge in [0.1, 0.15) is 22.3 Å². The molecule has 0 spiro atoms. The van der Waals surface area contributed by atoms with Crippen molar-refractivity contribution in [1.29, 1.82) is 0 Å². The van der Waals surface area contributed by atoms with Gasteiger partial charge in [0.25, 0.3) is 0 Å². The second kappa shape index (κ2) is 5.54. The van der Waals surface area contributed by atoms with Gasteiger partial charge in [-0.2, -0.15) is 0 Å². The predicted octanol–water partition coefficient (Wildman–Crippen LogP) is 3.38. The van der Waals surface area contributed by atoms with E-state index in [2.05, 4.69) is 10.3 Å². The van der Waals surface area contributed by atoms with E-state index in [1.165, 1.54) is 0 Å². The lowest BCUT2D eigenvalue weighted by Crippen LogP contribution is -2.14. The summed E-state index contributed by atoms with van der Waals surface area (Å²) < 4.78 is 5.54. The Morgan fingerprint density at radius 3 is 2.81 bits per heavy atom. The standard InChI is InChI=1S/C16H15N3OS/c1-10-6-7-12(20-10)9-18-16-13(15(17)21)8-11-4-2-3-5-14(11)19-16/h2-8H,9H2,1H3,(H2,17,21)(H,18,19). The molecule has 0 aliphatic rings. The van der Waals surface area contributed by atoms with Crippen LogP contribution in [0.5, 0.6) is 0 Å². The van der Waals surface area contributed by atoms with Gasteiger partial charge in [-0.1, -0.05) is 30.4 Å². The molecule has 2 heterocycles. The zero-order chi connectivity index (χ0) is 14.8. The van der Waals surface area contributed by atoms with Gasteiger partial charge >= 0.3 is 0 Å². The van der Waals surface area contributed by atoms with Gasteiger partial charge < -0.3 is 15.5 Å². The second-order valence-corrected chi connectivity index (χ2v) is 5.25. The first kappa shape index (κ1) is 13.6. The van der Waals surface area contributed by atoms with Crippen molar-refractivity contribution in [2.24, 2.45) is 5.73 Å². The molecule has 3 aromatic rings. The number of pyridine rings is 1. The minimum atomic E-state index is 0.325. The lowest BCUT2D eigenvalue weighted by molar-refractivity contribution is 0.490. The number of furan rings is 1. The summed E-state index contributed by atoms with van der Waals surface area (Å²) in [7, 11) is 0. The lowest BCUT2D eigenvalue weighted by atomic mass is 10.1. The summed E-state index contributed by atoms with van der Waals surface area (Å²) in [4.78, 5) is 4.92. The number of nitrogens with two attached hydrogens (primary N) is 1. The number of nitrogens with zero attached hydrogens (tertiary/aromatic N) is 1. The Kier molecular flexibility index (Phi) is 3.58. The van der Waals surface area contributed by atoms with E-state index >= 15 is 0 Å². The van der Waals surface area contributed by atoms with E-state index in [1.54, 1.807) is 0 Å². The first-order valence-corrected chi connectivity index (χ1v) is 7.03. The molecule has 0 amide bonds. The predicted molar refractivity (Wildman–Crippen MR) is 88.4 cm³/mol. The van der Waals surface area contributed by atoms with Gasteiger partial charge in [0.15, 0.2) is 0 Å². The zero-order valence-corrected chi connectivity index (χ0v) is 12.4. The fourth-order valence-corrected chi connectivity index (χ4v) is 2.35. The molecule has 0 fully saturated rings. The van der Waals surface area contributed by atoms with E-state index in [0.29, 0.717) is 17.4 Å². The summed E-state index contributed by atoms with van der Waals surface area (Å²) >= 11 is 5.12. The van der Waals surface area contributed by atoms with Gasteiger partial charge in [-0.3, -0.25) is 0 Å². The monoisotopic (exact) mass is 297 g/mol. The highest BCUT2D eigenvalue weighted by atomic mass is 32.1. The smallest absolute Gasteiger partial charge is 0.137 e. The Morgan fingerprint density at radius 1 is 1.29 bits per heavy atom. The van der Waals surface area contributed by atoms with Gasteiger partial charge in [0.2, 0.25) is 0 Å². The minimum absolute atomic E-state index is 0.325. The molecule has 0 aliphatic heterocycles. The maximum Gasteiger partial charge on any atom is 0.137 e. The molecule has 1 aromatic carbocycles. The number of aromatic nitrogens is 1. The number of aryl methyl sites for hydroxylation is 1. The van der Waals surface area contributed by atoms with Crippen LogP contribution in [0.15, 0.2) is 46.9 Å². The van der Waals surface area contributed by atoms with Crippen molar-refractivity contribution in [3.63, 3.8) is 0 Å². The average Bonchev–Trinajstić information content (AvgIpc) is 2.89. The highest BCUT2D eigenvalue weighted by Crippen LogP contribution is 2.21. The van der Waals surface area contributed by atoms with Crippen LogP contribution in [-0.2, 0) is 6.54 Å². The van der Waals surface area contributed by atoms with Crippen molar-refractivity contribution in [3.8, 4) is 0 Å². The molecule has 0 saturated heterocycles. The van der Waals surface area contributed by atoms with Gasteiger partial charge in [-0.25, -0.2) is 4.98 Å². The van der Waals surface area contributed by atoms with Crippen LogP contribution in [-0.4, -0.2) is 9.97 Å². The first-order valence-electron chi connectivity index (χ1n) is 6.62. The van der Waals surface area contributed by atoms with Crippen molar-refractivity contribution in [2.75, 3.05) is 5.32 Å². The van der Waals surface area contributed by atoms with Gasteiger partial charge in [0, 0.05) is 5.39 Å². The Labute approximate surface area is 128 Å². The number of fused-ring (bicyclic) bond motifs is 1. The molecular weight excluding hydrogens is 282 g/mol. The number of anilines is 1. The van der Waals surface area contributed by atoms with Crippen LogP contribution in [0.25, 0.3) is 10.9 Å². The van der Waals surface area contributed by atoms with E-state index < -0.39 is 0 Å². The Balaban J connectivity index is 1.95. The number of nitrogens with one attached hydrogen (secondary N) is 1. The number of hydrogen-bond donors (Lipinski definition) is 2. The summed E-state index contributed by atoms with van der Waals surface area (Å²) in [6, 6.07) is 13.7. The van der Waals surface area contributed by atoms with Gasteiger partial charge in [0.05, 0.1) is 17.6 Å². The van der Waals surface area contributed by atoms with Crippen molar-refractivity contribution >= 4 is 33.9 Å². The lowest BCUT2D eigenvalue weighted by Gasteiger charge is -2.11. The molecule has 0 bridgehead atoms. The molecule has 3 rings (SSSR count). The Hall–Kier alpha value is -2.40. The molecular formula is C16H15N3OS. The number of para-hydroxylation sites is 1.